The first-order chi connectivity index (χ1) is 9.76. The molecule has 1 aromatic carbocycles. The molecule has 0 aliphatic carbocycles. The molecule has 0 spiro atoms. The van der Waals surface area contributed by atoms with Crippen molar-refractivity contribution < 1.29 is 9.53 Å². The number of ether oxygens (including phenoxy) is 1. The minimum Gasteiger partial charge on any atom is -0.387 e. The monoisotopic (exact) mass is 276 g/mol. The smallest absolute Gasteiger partial charge is 0.256 e. The van der Waals surface area contributed by atoms with Crippen LogP contribution in [0.2, 0.25) is 0 Å². The highest BCUT2D eigenvalue weighted by Crippen LogP contribution is 2.20. The molecule has 0 saturated carbocycles. The number of anilines is 1. The number of carbonyl (C=O) groups is 1. The summed E-state index contributed by atoms with van der Waals surface area (Å²) >= 11 is 0. The summed E-state index contributed by atoms with van der Waals surface area (Å²) in [4.78, 5) is 14.5. The number of benzene rings is 1. The van der Waals surface area contributed by atoms with Gasteiger partial charge in [0, 0.05) is 32.4 Å². The molecule has 1 aliphatic heterocycles. The Morgan fingerprint density at radius 1 is 1.45 bits per heavy atom. The second-order valence-corrected chi connectivity index (χ2v) is 5.18. The molecule has 1 atom stereocenters. The first kappa shape index (κ1) is 14.9. The second kappa shape index (κ2) is 7.29. The van der Waals surface area contributed by atoms with Gasteiger partial charge in [-0.2, -0.15) is 0 Å². The van der Waals surface area contributed by atoms with Crippen LogP contribution in [0.5, 0.6) is 0 Å². The molecule has 0 radical (unpaired) electrons. The Labute approximate surface area is 121 Å². The number of nitrogens with zero attached hydrogens (tertiary/aromatic N) is 1. The summed E-state index contributed by atoms with van der Waals surface area (Å²) in [7, 11) is 1.84. The lowest BCUT2D eigenvalue weighted by molar-refractivity contribution is 0.00214. The van der Waals surface area contributed by atoms with Gasteiger partial charge >= 0.3 is 0 Å². The molecule has 2 rings (SSSR count). The highest BCUT2D eigenvalue weighted by atomic mass is 16.5. The van der Waals surface area contributed by atoms with Gasteiger partial charge in [0.1, 0.15) is 0 Å². The summed E-state index contributed by atoms with van der Waals surface area (Å²) in [5, 5.41) is 3.08. The van der Waals surface area contributed by atoms with Crippen LogP contribution < -0.4 is 5.32 Å². The number of para-hydroxylation sites is 1. The van der Waals surface area contributed by atoms with Gasteiger partial charge in [-0.25, -0.2) is 0 Å². The van der Waals surface area contributed by atoms with Crippen molar-refractivity contribution in [3.05, 3.63) is 29.8 Å². The largest absolute Gasteiger partial charge is 0.387 e. The molecule has 1 N–H and O–H groups in total. The summed E-state index contributed by atoms with van der Waals surface area (Å²) in [6.45, 7) is 4.41. The van der Waals surface area contributed by atoms with Crippen LogP contribution in [0.3, 0.4) is 0 Å². The number of rotatable bonds is 5. The van der Waals surface area contributed by atoms with E-state index in [2.05, 4.69) is 12.2 Å². The number of piperidine rings is 1. The average Bonchev–Trinajstić information content (AvgIpc) is 2.52. The fraction of sp³-hybridized carbons (Fsp3) is 0.562. The van der Waals surface area contributed by atoms with Crippen LogP contribution in [0, 0.1) is 0 Å². The number of hydrogen-bond donors (Lipinski definition) is 1. The molecule has 1 aromatic rings. The Bertz CT molecular complexity index is 448. The number of nitrogens with one attached hydrogen (secondary N) is 1. The Hall–Kier alpha value is -1.55. The molecule has 0 aromatic heterocycles. The van der Waals surface area contributed by atoms with Crippen molar-refractivity contribution in [3.8, 4) is 0 Å². The predicted molar refractivity (Wildman–Crippen MR) is 81.2 cm³/mol. The van der Waals surface area contributed by atoms with Crippen LogP contribution in [0.15, 0.2) is 24.3 Å². The lowest BCUT2D eigenvalue weighted by Gasteiger charge is -2.33. The third kappa shape index (κ3) is 3.51. The van der Waals surface area contributed by atoms with Crippen LogP contribution >= 0.6 is 0 Å². The fourth-order valence-electron chi connectivity index (χ4n) is 2.60. The topological polar surface area (TPSA) is 41.6 Å². The van der Waals surface area contributed by atoms with Crippen molar-refractivity contribution in [2.45, 2.75) is 32.3 Å². The van der Waals surface area contributed by atoms with Gasteiger partial charge in [-0.15, -0.1) is 0 Å². The highest BCUT2D eigenvalue weighted by molar-refractivity contribution is 5.99. The van der Waals surface area contributed by atoms with Gasteiger partial charge in [-0.3, -0.25) is 4.79 Å². The van der Waals surface area contributed by atoms with E-state index in [9.17, 15) is 4.79 Å². The van der Waals surface area contributed by atoms with E-state index in [1.165, 1.54) is 0 Å². The molecule has 0 bridgehead atoms. The van der Waals surface area contributed by atoms with Gasteiger partial charge in [0.25, 0.3) is 5.91 Å². The lowest BCUT2D eigenvalue weighted by atomic mass is 10.1. The third-order valence-corrected chi connectivity index (χ3v) is 3.65. The Morgan fingerprint density at radius 2 is 2.25 bits per heavy atom. The Balaban J connectivity index is 2.04. The van der Waals surface area contributed by atoms with E-state index in [0.717, 1.165) is 43.7 Å². The zero-order valence-electron chi connectivity index (χ0n) is 12.4. The first-order valence-corrected chi connectivity index (χ1v) is 7.44. The van der Waals surface area contributed by atoms with E-state index in [1.807, 2.05) is 36.2 Å². The molecule has 1 unspecified atom stereocenters. The van der Waals surface area contributed by atoms with Gasteiger partial charge in [0.05, 0.1) is 11.7 Å². The van der Waals surface area contributed by atoms with Crippen LogP contribution in [-0.4, -0.2) is 43.7 Å². The maximum Gasteiger partial charge on any atom is 0.256 e. The molecule has 1 heterocycles. The van der Waals surface area contributed by atoms with E-state index in [1.54, 1.807) is 0 Å². The van der Waals surface area contributed by atoms with Gasteiger partial charge in [0.2, 0.25) is 0 Å². The zero-order chi connectivity index (χ0) is 14.4. The van der Waals surface area contributed by atoms with E-state index < -0.39 is 0 Å². The summed E-state index contributed by atoms with van der Waals surface area (Å²) in [6.07, 6.45) is 3.28. The minimum absolute atomic E-state index is 0.0970. The van der Waals surface area contributed by atoms with Gasteiger partial charge in [0.15, 0.2) is 0 Å². The van der Waals surface area contributed by atoms with E-state index in [0.29, 0.717) is 6.54 Å². The molecule has 4 heteroatoms. The normalized spacial score (nSPS) is 18.9. The molecule has 1 saturated heterocycles. The minimum atomic E-state index is 0.0970. The zero-order valence-corrected chi connectivity index (χ0v) is 12.4. The highest BCUT2D eigenvalue weighted by Gasteiger charge is 2.25. The number of amides is 1. The maximum absolute atomic E-state index is 12.6. The van der Waals surface area contributed by atoms with Gasteiger partial charge in [-0.1, -0.05) is 19.1 Å². The molecule has 110 valence electrons. The summed E-state index contributed by atoms with van der Waals surface area (Å²) in [6, 6.07) is 7.65. The second-order valence-electron chi connectivity index (χ2n) is 5.18. The van der Waals surface area contributed by atoms with Gasteiger partial charge < -0.3 is 15.0 Å². The summed E-state index contributed by atoms with van der Waals surface area (Å²) in [5.41, 5.74) is 1.63. The molecule has 1 aliphatic rings. The van der Waals surface area contributed by atoms with Gasteiger partial charge in [-0.05, 0) is 31.4 Å². The number of likely N-dealkylation sites (tertiary alicyclic amines) is 1. The maximum atomic E-state index is 12.6. The SMILES string of the molecule is CCCOC1CCCN(C(=O)c2ccccc2NC)C1. The molecule has 4 nitrogen and oxygen atoms in total. The van der Waals surface area contributed by atoms with E-state index in [-0.39, 0.29) is 12.0 Å². The number of hydrogen-bond acceptors (Lipinski definition) is 3. The summed E-state index contributed by atoms with van der Waals surface area (Å²) < 4.78 is 5.80. The molecule has 1 fully saturated rings. The van der Waals surface area contributed by atoms with E-state index in [4.69, 9.17) is 4.74 Å². The molecule has 20 heavy (non-hydrogen) atoms. The lowest BCUT2D eigenvalue weighted by Crippen LogP contribution is -2.43. The Morgan fingerprint density at radius 3 is 3.00 bits per heavy atom. The van der Waals surface area contributed by atoms with Crippen LogP contribution in [0.4, 0.5) is 5.69 Å². The molecule has 1 amide bonds. The number of carbonyl (C=O) groups excluding carboxylic acids is 1. The van der Waals surface area contributed by atoms with Crippen LogP contribution in [0.1, 0.15) is 36.5 Å². The van der Waals surface area contributed by atoms with Crippen molar-refractivity contribution >= 4 is 11.6 Å². The summed E-state index contributed by atoms with van der Waals surface area (Å²) in [5.74, 6) is 0.0970. The molecular weight excluding hydrogens is 252 g/mol. The average molecular weight is 276 g/mol. The van der Waals surface area contributed by atoms with Crippen molar-refractivity contribution in [1.82, 2.24) is 4.90 Å². The van der Waals surface area contributed by atoms with Crippen molar-refractivity contribution in [3.63, 3.8) is 0 Å². The first-order valence-electron chi connectivity index (χ1n) is 7.44. The fourth-order valence-corrected chi connectivity index (χ4v) is 2.60. The van der Waals surface area contributed by atoms with E-state index >= 15 is 0 Å². The molecular formula is C16H24N2O2. The standard InChI is InChI=1S/C16H24N2O2/c1-3-11-20-13-7-6-10-18(12-13)16(19)14-8-4-5-9-15(14)17-2/h4-5,8-9,13,17H,3,6-7,10-12H2,1-2H3. The Kier molecular flexibility index (Phi) is 5.41. The van der Waals surface area contributed by atoms with Crippen LogP contribution in [-0.2, 0) is 4.74 Å². The predicted octanol–water partition coefficient (Wildman–Crippen LogP) is 2.76. The van der Waals surface area contributed by atoms with Crippen LogP contribution in [0.25, 0.3) is 0 Å². The third-order valence-electron chi connectivity index (χ3n) is 3.65. The van der Waals surface area contributed by atoms with Crippen molar-refractivity contribution in [2.75, 3.05) is 32.1 Å². The van der Waals surface area contributed by atoms with Crippen molar-refractivity contribution in [2.24, 2.45) is 0 Å². The van der Waals surface area contributed by atoms with Crippen molar-refractivity contribution in [1.29, 1.82) is 0 Å². The quantitative estimate of drug-likeness (QED) is 0.899.